The molecule has 1 fully saturated rings. The van der Waals surface area contributed by atoms with Crippen molar-refractivity contribution in [3.05, 3.63) is 59.7 Å². The monoisotopic (exact) mass is 563 g/mol. The number of Topliss-reactive ketones (excluding diaryl/α,β-unsaturated/α-hetero) is 1. The average molecular weight is 564 g/mol. The van der Waals surface area contributed by atoms with E-state index in [-0.39, 0.29) is 76.1 Å². The second-order valence-electron chi connectivity index (χ2n) is 10.4. The largest absolute Gasteiger partial charge is 0.508 e. The topological polar surface area (TPSA) is 161 Å². The van der Waals surface area contributed by atoms with Crippen molar-refractivity contribution in [3.8, 4) is 17.2 Å². The summed E-state index contributed by atoms with van der Waals surface area (Å²) in [7, 11) is 0. The van der Waals surface area contributed by atoms with Crippen LogP contribution in [0.5, 0.6) is 17.2 Å². The van der Waals surface area contributed by atoms with Crippen molar-refractivity contribution in [3.63, 3.8) is 0 Å². The quantitative estimate of drug-likeness (QED) is 0.0812. The van der Waals surface area contributed by atoms with Gasteiger partial charge in [-0.05, 0) is 50.8 Å². The van der Waals surface area contributed by atoms with Crippen molar-refractivity contribution in [2.75, 3.05) is 5.32 Å². The molecular weight excluding hydrogens is 529 g/mol. The van der Waals surface area contributed by atoms with Gasteiger partial charge < -0.3 is 30.6 Å². The number of benzene rings is 2. The number of nitrogens with one attached hydrogen (secondary N) is 2. The molecule has 3 aromatic rings. The Morgan fingerprint density at radius 3 is 2.61 bits per heavy atom. The summed E-state index contributed by atoms with van der Waals surface area (Å²) in [6.07, 6.45) is 2.38. The number of phenolic OH excluding ortho intramolecular Hbond substituents is 3. The fraction of sp³-hybridized carbons (Fsp3) is 0.367. The molecule has 216 valence electrons. The molecule has 10 nitrogen and oxygen atoms in total. The van der Waals surface area contributed by atoms with Gasteiger partial charge in [0.15, 0.2) is 5.78 Å². The molecule has 1 saturated carbocycles. The van der Waals surface area contributed by atoms with E-state index in [1.807, 2.05) is 6.92 Å². The number of amides is 1. The van der Waals surface area contributed by atoms with Gasteiger partial charge in [-0.2, -0.15) is 0 Å². The number of imidazole rings is 1. The summed E-state index contributed by atoms with van der Waals surface area (Å²) in [5.41, 5.74) is 0.586. The molecule has 0 bridgehead atoms. The Morgan fingerprint density at radius 1 is 1.22 bits per heavy atom. The lowest BCUT2D eigenvalue weighted by Crippen LogP contribution is -2.27. The first-order valence-electron chi connectivity index (χ1n) is 13.5. The van der Waals surface area contributed by atoms with E-state index >= 15 is 0 Å². The first-order valence-corrected chi connectivity index (χ1v) is 13.5. The summed E-state index contributed by atoms with van der Waals surface area (Å²) in [6, 6.07) is 8.35. The Labute approximate surface area is 237 Å². The van der Waals surface area contributed by atoms with Crippen LogP contribution in [0.4, 0.5) is 15.8 Å². The Hall–Kier alpha value is -4.54. The predicted molar refractivity (Wildman–Crippen MR) is 153 cm³/mol. The number of para-hydroxylation sites is 2. The lowest BCUT2D eigenvalue weighted by molar-refractivity contribution is -0.110. The number of nitrogens with zero attached hydrogens (tertiary/aromatic N) is 3. The number of carbonyl (C=O) groups excluding carboxylic acids is 2. The van der Waals surface area contributed by atoms with E-state index in [9.17, 15) is 29.3 Å². The molecule has 1 aromatic heterocycles. The SMILES string of the molecule is CCCC1CC1C(=O)c1cc(O)cc(O)c1NC(=O)C(CC(=N)Cn1cnc(C(C)F)c1C)=Nc1ccccc1O. The average Bonchev–Trinajstić information content (AvgIpc) is 3.59. The first-order chi connectivity index (χ1) is 19.5. The maximum absolute atomic E-state index is 13.8. The zero-order chi connectivity index (χ0) is 29.8. The highest BCUT2D eigenvalue weighted by atomic mass is 19.1. The minimum Gasteiger partial charge on any atom is -0.508 e. The zero-order valence-corrected chi connectivity index (χ0v) is 23.2. The Balaban J connectivity index is 1.63. The molecule has 3 atom stereocenters. The molecule has 1 aliphatic carbocycles. The van der Waals surface area contributed by atoms with Crippen LogP contribution in [-0.2, 0) is 11.3 Å². The number of phenols is 3. The number of aliphatic imine (C=N–C) groups is 1. The molecule has 11 heteroatoms. The van der Waals surface area contributed by atoms with Crippen LogP contribution in [0.25, 0.3) is 0 Å². The van der Waals surface area contributed by atoms with Crippen LogP contribution in [0.1, 0.15) is 67.4 Å². The second-order valence-corrected chi connectivity index (χ2v) is 10.4. The van der Waals surface area contributed by atoms with Crippen LogP contribution < -0.4 is 5.32 Å². The third-order valence-electron chi connectivity index (χ3n) is 7.18. The molecular formula is C30H34FN5O5. The maximum Gasteiger partial charge on any atom is 0.270 e. The number of aromatic hydroxyl groups is 3. The van der Waals surface area contributed by atoms with Crippen LogP contribution in [0, 0.1) is 24.2 Å². The van der Waals surface area contributed by atoms with Gasteiger partial charge in [0.05, 0.1) is 24.3 Å². The molecule has 4 rings (SSSR count). The van der Waals surface area contributed by atoms with Gasteiger partial charge in [-0.15, -0.1) is 0 Å². The number of aromatic nitrogens is 2. The molecule has 2 aromatic carbocycles. The lowest BCUT2D eigenvalue weighted by Gasteiger charge is -2.15. The first kappa shape index (κ1) is 29.4. The van der Waals surface area contributed by atoms with E-state index < -0.39 is 17.8 Å². The fourth-order valence-corrected chi connectivity index (χ4v) is 4.93. The molecule has 0 spiro atoms. The van der Waals surface area contributed by atoms with Gasteiger partial charge in [-0.3, -0.25) is 9.59 Å². The normalized spacial score (nSPS) is 17.2. The van der Waals surface area contributed by atoms with Crippen molar-refractivity contribution in [1.82, 2.24) is 9.55 Å². The summed E-state index contributed by atoms with van der Waals surface area (Å²) in [6.45, 7) is 5.10. The number of hydrogen-bond donors (Lipinski definition) is 5. The zero-order valence-electron chi connectivity index (χ0n) is 23.2. The number of halogens is 1. The van der Waals surface area contributed by atoms with Crippen molar-refractivity contribution in [2.24, 2.45) is 16.8 Å². The highest BCUT2D eigenvalue weighted by Gasteiger charge is 2.43. The molecule has 5 N–H and O–H groups in total. The number of hydrogen-bond acceptors (Lipinski definition) is 8. The van der Waals surface area contributed by atoms with E-state index in [1.54, 1.807) is 23.6 Å². The van der Waals surface area contributed by atoms with Gasteiger partial charge in [0.25, 0.3) is 5.91 Å². The maximum atomic E-state index is 13.8. The van der Waals surface area contributed by atoms with Crippen LogP contribution >= 0.6 is 0 Å². The lowest BCUT2D eigenvalue weighted by atomic mass is 10.0. The predicted octanol–water partition coefficient (Wildman–Crippen LogP) is 5.78. The molecule has 0 aliphatic heterocycles. The van der Waals surface area contributed by atoms with Gasteiger partial charge >= 0.3 is 0 Å². The summed E-state index contributed by atoms with van der Waals surface area (Å²) < 4.78 is 15.4. The molecule has 0 saturated heterocycles. The molecule has 1 aliphatic rings. The minimum absolute atomic E-state index is 0.00726. The van der Waals surface area contributed by atoms with Crippen molar-refractivity contribution >= 4 is 34.5 Å². The number of anilines is 1. The van der Waals surface area contributed by atoms with Gasteiger partial charge in [0.1, 0.15) is 34.8 Å². The Bertz CT molecular complexity index is 1510. The molecule has 3 unspecified atom stereocenters. The second kappa shape index (κ2) is 12.3. The van der Waals surface area contributed by atoms with Crippen LogP contribution in [0.3, 0.4) is 0 Å². The van der Waals surface area contributed by atoms with Gasteiger partial charge in [-0.1, -0.05) is 25.5 Å². The molecule has 41 heavy (non-hydrogen) atoms. The molecule has 1 amide bonds. The van der Waals surface area contributed by atoms with E-state index in [0.717, 1.165) is 18.9 Å². The summed E-state index contributed by atoms with van der Waals surface area (Å²) in [5.74, 6) is -2.14. The number of rotatable bonds is 12. The van der Waals surface area contributed by atoms with Crippen molar-refractivity contribution in [2.45, 2.75) is 59.2 Å². The molecule has 1 heterocycles. The highest BCUT2D eigenvalue weighted by molar-refractivity contribution is 6.46. The van der Waals surface area contributed by atoms with Crippen molar-refractivity contribution in [1.29, 1.82) is 5.41 Å². The van der Waals surface area contributed by atoms with Gasteiger partial charge in [-0.25, -0.2) is 14.4 Å². The van der Waals surface area contributed by atoms with Crippen LogP contribution in [0.15, 0.2) is 47.7 Å². The van der Waals surface area contributed by atoms with Gasteiger partial charge in [0.2, 0.25) is 0 Å². The number of alkyl halides is 1. The minimum atomic E-state index is -1.28. The fourth-order valence-electron chi connectivity index (χ4n) is 4.93. The third kappa shape index (κ3) is 6.79. The third-order valence-corrected chi connectivity index (χ3v) is 7.18. The van der Waals surface area contributed by atoms with E-state index in [2.05, 4.69) is 15.3 Å². The highest BCUT2D eigenvalue weighted by Crippen LogP contribution is 2.46. The number of carbonyl (C=O) groups is 2. The van der Waals surface area contributed by atoms with Crippen molar-refractivity contribution < 1.29 is 29.3 Å². The standard InChI is InChI=1S/C30H34FN5O5/c1-4-7-18-10-21(18)29(40)22-12-20(37)13-26(39)28(22)35-30(41)24(34-23-8-5-6-9-25(23)38)11-19(32)14-36-15-33-27(16(2)31)17(36)3/h5-6,8-9,12-13,15-16,18,21,32,37-39H,4,7,10-11,14H2,1-3H3,(H,35,41). The van der Waals surface area contributed by atoms with Crippen LogP contribution in [-0.4, -0.2) is 48.0 Å². The summed E-state index contributed by atoms with van der Waals surface area (Å²) >= 11 is 0. The van der Waals surface area contributed by atoms with Crippen LogP contribution in [0.2, 0.25) is 0 Å². The molecule has 0 radical (unpaired) electrons. The van der Waals surface area contributed by atoms with Gasteiger partial charge in [0, 0.05) is 35.4 Å². The smallest absolute Gasteiger partial charge is 0.270 e. The summed E-state index contributed by atoms with van der Waals surface area (Å²) in [4.78, 5) is 35.2. The summed E-state index contributed by atoms with van der Waals surface area (Å²) in [5, 5.41) is 42.1. The van der Waals surface area contributed by atoms with E-state index in [4.69, 9.17) is 5.41 Å². The Kier molecular flexibility index (Phi) is 8.85. The van der Waals surface area contributed by atoms with E-state index in [0.29, 0.717) is 12.1 Å². The van der Waals surface area contributed by atoms with E-state index in [1.165, 1.54) is 31.5 Å². The Morgan fingerprint density at radius 2 is 1.95 bits per heavy atom. The number of ketones is 1.